The fourth-order valence-electron chi connectivity index (χ4n) is 6.28. The van der Waals surface area contributed by atoms with E-state index in [0.29, 0.717) is 22.4 Å². The molecule has 1 atom stereocenters. The van der Waals surface area contributed by atoms with E-state index in [1.54, 1.807) is 27.8 Å². The molecule has 7 rings (SSSR count). The van der Waals surface area contributed by atoms with Crippen molar-refractivity contribution in [3.05, 3.63) is 135 Å². The Balaban J connectivity index is 1.08. The van der Waals surface area contributed by atoms with Crippen LogP contribution >= 0.6 is 23.2 Å². The van der Waals surface area contributed by atoms with E-state index in [0.717, 1.165) is 33.6 Å². The SMILES string of the molecule is Cc1cc(NC(=O)C2CN(C(=O)OCC3c4ccccc4-c4ccccc43)Cc3ccccc32)nn1-c1ccc(Cl)c(Cl)c1. The lowest BCUT2D eigenvalue weighted by Gasteiger charge is -2.33. The van der Waals surface area contributed by atoms with Gasteiger partial charge in [-0.1, -0.05) is 96.0 Å². The Morgan fingerprint density at radius 2 is 1.52 bits per heavy atom. The number of benzene rings is 4. The normalized spacial score (nSPS) is 15.3. The van der Waals surface area contributed by atoms with Crippen molar-refractivity contribution in [1.29, 1.82) is 0 Å². The molecule has 1 N–H and O–H groups in total. The number of aryl methyl sites for hydroxylation is 1. The van der Waals surface area contributed by atoms with Crippen LogP contribution in [0, 0.1) is 6.92 Å². The molecule has 44 heavy (non-hydrogen) atoms. The number of fused-ring (bicyclic) bond motifs is 4. The van der Waals surface area contributed by atoms with E-state index in [4.69, 9.17) is 27.9 Å². The van der Waals surface area contributed by atoms with E-state index in [9.17, 15) is 9.59 Å². The van der Waals surface area contributed by atoms with Crippen molar-refractivity contribution in [1.82, 2.24) is 14.7 Å². The summed E-state index contributed by atoms with van der Waals surface area (Å²) in [4.78, 5) is 28.8. The van der Waals surface area contributed by atoms with E-state index in [-0.39, 0.29) is 25.0 Å². The molecule has 9 heteroatoms. The topological polar surface area (TPSA) is 76.5 Å². The Bertz CT molecular complexity index is 1870. The number of rotatable bonds is 5. The molecule has 0 spiro atoms. The second-order valence-corrected chi connectivity index (χ2v) is 11.9. The first-order valence-corrected chi connectivity index (χ1v) is 15.1. The predicted octanol–water partition coefficient (Wildman–Crippen LogP) is 7.97. The zero-order valence-electron chi connectivity index (χ0n) is 23.8. The number of carbonyl (C=O) groups is 2. The van der Waals surface area contributed by atoms with Gasteiger partial charge >= 0.3 is 6.09 Å². The molecule has 4 aromatic carbocycles. The van der Waals surface area contributed by atoms with Crippen LogP contribution in [0.25, 0.3) is 16.8 Å². The van der Waals surface area contributed by atoms with Crippen molar-refractivity contribution >= 4 is 41.0 Å². The fraction of sp³-hybridized carbons (Fsp3) is 0.171. The standard InChI is InChI=1S/C35H28Cl2N4O3/c1-21-16-33(39-41(21)23-14-15-31(36)32(37)17-23)38-34(42)29-19-40(18-22-8-2-3-9-24(22)29)35(43)44-20-30-27-12-6-4-10-25(27)26-11-5-7-13-28(26)30/h2-17,29-30H,18-20H2,1H3,(H,38,39,42). The highest BCUT2D eigenvalue weighted by molar-refractivity contribution is 6.42. The van der Waals surface area contributed by atoms with Crippen molar-refractivity contribution in [3.8, 4) is 16.8 Å². The number of amides is 2. The van der Waals surface area contributed by atoms with Crippen molar-refractivity contribution in [2.75, 3.05) is 18.5 Å². The molecule has 0 bridgehead atoms. The molecule has 2 heterocycles. The molecule has 7 nitrogen and oxygen atoms in total. The van der Waals surface area contributed by atoms with Gasteiger partial charge < -0.3 is 15.0 Å². The average Bonchev–Trinajstić information content (AvgIpc) is 3.57. The largest absolute Gasteiger partial charge is 0.448 e. The molecule has 0 fully saturated rings. The first kappa shape index (κ1) is 28.2. The molecule has 1 aliphatic carbocycles. The summed E-state index contributed by atoms with van der Waals surface area (Å²) in [6, 6.07) is 31.2. The molecular formula is C35H28Cl2N4O3. The van der Waals surface area contributed by atoms with E-state index in [1.807, 2.05) is 61.5 Å². The zero-order chi connectivity index (χ0) is 30.4. The maximum Gasteiger partial charge on any atom is 0.410 e. The van der Waals surface area contributed by atoms with Gasteiger partial charge in [0.1, 0.15) is 6.61 Å². The van der Waals surface area contributed by atoms with E-state index < -0.39 is 12.0 Å². The first-order chi connectivity index (χ1) is 21.4. The van der Waals surface area contributed by atoms with Crippen LogP contribution in [-0.2, 0) is 16.1 Å². The van der Waals surface area contributed by atoms with Gasteiger partial charge in [0.2, 0.25) is 5.91 Å². The Kier molecular flexibility index (Phi) is 7.36. The van der Waals surface area contributed by atoms with E-state index in [1.165, 1.54) is 11.1 Å². The molecule has 1 aliphatic heterocycles. The van der Waals surface area contributed by atoms with Gasteiger partial charge in [0.15, 0.2) is 5.82 Å². The highest BCUT2D eigenvalue weighted by Crippen LogP contribution is 2.44. The fourth-order valence-corrected chi connectivity index (χ4v) is 6.57. The number of nitrogens with zero attached hydrogens (tertiary/aromatic N) is 3. The summed E-state index contributed by atoms with van der Waals surface area (Å²) in [7, 11) is 0. The van der Waals surface area contributed by atoms with Gasteiger partial charge in [-0.3, -0.25) is 4.79 Å². The molecule has 0 radical (unpaired) electrons. The number of halogens is 2. The Morgan fingerprint density at radius 3 is 2.23 bits per heavy atom. The Labute approximate surface area is 265 Å². The van der Waals surface area contributed by atoms with E-state index >= 15 is 0 Å². The number of hydrogen-bond donors (Lipinski definition) is 1. The summed E-state index contributed by atoms with van der Waals surface area (Å²) < 4.78 is 7.64. The monoisotopic (exact) mass is 622 g/mol. The first-order valence-electron chi connectivity index (χ1n) is 14.4. The third-order valence-electron chi connectivity index (χ3n) is 8.39. The molecule has 1 unspecified atom stereocenters. The maximum absolute atomic E-state index is 13.7. The van der Waals surface area contributed by atoms with Crippen LogP contribution < -0.4 is 5.32 Å². The lowest BCUT2D eigenvalue weighted by molar-refractivity contribution is -0.118. The van der Waals surface area contributed by atoms with Crippen molar-refractivity contribution in [3.63, 3.8) is 0 Å². The zero-order valence-corrected chi connectivity index (χ0v) is 25.3. The van der Waals surface area contributed by atoms with Gasteiger partial charge in [-0.2, -0.15) is 0 Å². The van der Waals surface area contributed by atoms with Gasteiger partial charge in [0.25, 0.3) is 0 Å². The van der Waals surface area contributed by atoms with Gasteiger partial charge in [0, 0.05) is 30.8 Å². The van der Waals surface area contributed by atoms with Crippen LogP contribution in [0.3, 0.4) is 0 Å². The summed E-state index contributed by atoms with van der Waals surface area (Å²) in [5.74, 6) is -0.506. The van der Waals surface area contributed by atoms with Crippen molar-refractivity contribution in [2.24, 2.45) is 0 Å². The Hall–Kier alpha value is -4.59. The minimum Gasteiger partial charge on any atom is -0.448 e. The molecule has 5 aromatic rings. The average molecular weight is 624 g/mol. The third-order valence-corrected chi connectivity index (χ3v) is 9.13. The lowest BCUT2D eigenvalue weighted by atomic mass is 9.89. The van der Waals surface area contributed by atoms with Crippen LogP contribution in [0.5, 0.6) is 0 Å². The van der Waals surface area contributed by atoms with Gasteiger partial charge in [-0.15, -0.1) is 5.10 Å². The smallest absolute Gasteiger partial charge is 0.410 e. The molecule has 1 aromatic heterocycles. The predicted molar refractivity (Wildman–Crippen MR) is 172 cm³/mol. The second kappa shape index (κ2) is 11.5. The summed E-state index contributed by atoms with van der Waals surface area (Å²) in [6.07, 6.45) is -0.445. The quantitative estimate of drug-likeness (QED) is 0.216. The van der Waals surface area contributed by atoms with Crippen molar-refractivity contribution in [2.45, 2.75) is 25.3 Å². The third kappa shape index (κ3) is 5.12. The summed E-state index contributed by atoms with van der Waals surface area (Å²) in [6.45, 7) is 2.65. The molecular weight excluding hydrogens is 595 g/mol. The maximum atomic E-state index is 13.7. The number of hydrogen-bond acceptors (Lipinski definition) is 4. The minimum absolute atomic E-state index is 0.0450. The van der Waals surface area contributed by atoms with Crippen LogP contribution in [0.1, 0.15) is 39.8 Å². The number of carbonyl (C=O) groups excluding carboxylic acids is 2. The van der Waals surface area contributed by atoms with E-state index in [2.05, 4.69) is 34.7 Å². The molecule has 0 saturated carbocycles. The van der Waals surface area contributed by atoms with Crippen LogP contribution in [0.4, 0.5) is 10.6 Å². The number of ether oxygens (including phenoxy) is 1. The summed E-state index contributed by atoms with van der Waals surface area (Å²) in [5.41, 5.74) is 7.97. The second-order valence-electron chi connectivity index (χ2n) is 11.1. The van der Waals surface area contributed by atoms with Crippen LogP contribution in [0.2, 0.25) is 10.0 Å². The molecule has 0 saturated heterocycles. The summed E-state index contributed by atoms with van der Waals surface area (Å²) in [5, 5.41) is 8.41. The van der Waals surface area contributed by atoms with Crippen molar-refractivity contribution < 1.29 is 14.3 Å². The Morgan fingerprint density at radius 1 is 0.864 bits per heavy atom. The van der Waals surface area contributed by atoms with Gasteiger partial charge in [-0.05, 0) is 58.5 Å². The summed E-state index contributed by atoms with van der Waals surface area (Å²) >= 11 is 12.3. The molecule has 220 valence electrons. The molecule has 2 amide bonds. The number of aromatic nitrogens is 2. The van der Waals surface area contributed by atoms with Crippen LogP contribution in [-0.4, -0.2) is 39.8 Å². The van der Waals surface area contributed by atoms with Gasteiger partial charge in [-0.25, -0.2) is 9.48 Å². The number of anilines is 1. The number of nitrogens with one attached hydrogen (secondary N) is 1. The lowest BCUT2D eigenvalue weighted by Crippen LogP contribution is -2.42. The minimum atomic E-state index is -0.601. The molecule has 2 aliphatic rings. The highest BCUT2D eigenvalue weighted by Gasteiger charge is 2.35. The van der Waals surface area contributed by atoms with Crippen LogP contribution in [0.15, 0.2) is 97.1 Å². The highest BCUT2D eigenvalue weighted by atomic mass is 35.5. The van der Waals surface area contributed by atoms with Gasteiger partial charge in [0.05, 0.1) is 21.7 Å².